The average Bonchev–Trinajstić information content (AvgIpc) is 2.15. The number of nitrogens with one attached hydrogen (secondary N) is 1. The molecule has 1 amide bonds. The van der Waals surface area contributed by atoms with Gasteiger partial charge in [0.2, 0.25) is 0 Å². The number of benzene rings is 1. The van der Waals surface area contributed by atoms with Crippen molar-refractivity contribution in [1.82, 2.24) is 5.32 Å². The molecule has 0 atom stereocenters. The first-order valence-electron chi connectivity index (χ1n) is 3.59. The molecular formula is C9H10NO2. The third kappa shape index (κ3) is 2.27. The fourth-order valence-electron chi connectivity index (χ4n) is 0.921. The second-order valence-electron chi connectivity index (χ2n) is 2.31. The molecule has 1 rings (SSSR count). The lowest BCUT2D eigenvalue weighted by atomic mass is 10.2. The first-order valence-corrected chi connectivity index (χ1v) is 3.59. The molecule has 1 radical (unpaired) electrons. The van der Waals surface area contributed by atoms with E-state index in [-0.39, 0.29) is 0 Å². The van der Waals surface area contributed by atoms with Crippen molar-refractivity contribution in [3.05, 3.63) is 29.8 Å². The number of amides is 1. The molecule has 1 aromatic rings. The average molecular weight is 164 g/mol. The normalized spacial score (nSPS) is 9.08. The van der Waals surface area contributed by atoms with Crippen LogP contribution >= 0.6 is 0 Å². The largest absolute Gasteiger partial charge is 0.497 e. The van der Waals surface area contributed by atoms with Gasteiger partial charge >= 0.3 is 6.41 Å². The first kappa shape index (κ1) is 8.59. The molecule has 0 aliphatic heterocycles. The quantitative estimate of drug-likeness (QED) is 0.670. The number of rotatable bonds is 4. The summed E-state index contributed by atoms with van der Waals surface area (Å²) in [6.45, 7) is 0.487. The van der Waals surface area contributed by atoms with Gasteiger partial charge in [-0.2, -0.15) is 0 Å². The maximum absolute atomic E-state index is 9.87. The minimum atomic E-state index is 0.487. The number of ether oxygens (including phenoxy) is 1. The topological polar surface area (TPSA) is 38.3 Å². The minimum absolute atomic E-state index is 0.487. The fourth-order valence-corrected chi connectivity index (χ4v) is 0.921. The molecular weight excluding hydrogens is 154 g/mol. The fraction of sp³-hybridized carbons (Fsp3) is 0.222. The lowest BCUT2D eigenvalue weighted by Gasteiger charge is -2.02. The predicted molar refractivity (Wildman–Crippen MR) is 45.5 cm³/mol. The highest BCUT2D eigenvalue weighted by molar-refractivity contribution is 5.47. The highest BCUT2D eigenvalue weighted by Crippen LogP contribution is 2.11. The van der Waals surface area contributed by atoms with Gasteiger partial charge in [-0.25, -0.2) is 0 Å². The molecule has 0 saturated heterocycles. The van der Waals surface area contributed by atoms with Crippen molar-refractivity contribution >= 4 is 6.41 Å². The molecule has 3 nitrogen and oxygen atoms in total. The third-order valence-electron chi connectivity index (χ3n) is 1.50. The Bertz CT molecular complexity index is 260. The molecule has 0 unspecified atom stereocenters. The van der Waals surface area contributed by atoms with Crippen LogP contribution in [0.15, 0.2) is 24.3 Å². The van der Waals surface area contributed by atoms with Crippen molar-refractivity contribution in [2.75, 3.05) is 7.11 Å². The summed E-state index contributed by atoms with van der Waals surface area (Å²) in [6.07, 6.45) is 1.61. The van der Waals surface area contributed by atoms with Crippen molar-refractivity contribution in [2.45, 2.75) is 6.54 Å². The summed E-state index contributed by atoms with van der Waals surface area (Å²) in [4.78, 5) is 9.87. The van der Waals surface area contributed by atoms with Crippen LogP contribution in [0.5, 0.6) is 5.75 Å². The summed E-state index contributed by atoms with van der Waals surface area (Å²) in [7, 11) is 1.61. The molecule has 63 valence electrons. The zero-order valence-corrected chi connectivity index (χ0v) is 6.83. The summed E-state index contributed by atoms with van der Waals surface area (Å²) >= 11 is 0. The van der Waals surface area contributed by atoms with Gasteiger partial charge in [0.1, 0.15) is 5.75 Å². The minimum Gasteiger partial charge on any atom is -0.497 e. The van der Waals surface area contributed by atoms with Gasteiger partial charge in [0.05, 0.1) is 7.11 Å². The van der Waals surface area contributed by atoms with Crippen LogP contribution in [0.4, 0.5) is 0 Å². The van der Waals surface area contributed by atoms with E-state index in [4.69, 9.17) is 4.74 Å². The van der Waals surface area contributed by atoms with Gasteiger partial charge in [0, 0.05) is 6.54 Å². The van der Waals surface area contributed by atoms with Gasteiger partial charge in [-0.05, 0) is 17.7 Å². The molecule has 1 N–H and O–H groups in total. The maximum Gasteiger partial charge on any atom is 0.309 e. The van der Waals surface area contributed by atoms with E-state index in [2.05, 4.69) is 5.32 Å². The van der Waals surface area contributed by atoms with E-state index < -0.39 is 0 Å². The summed E-state index contributed by atoms with van der Waals surface area (Å²) in [5, 5.41) is 2.45. The van der Waals surface area contributed by atoms with Crippen LogP contribution in [-0.2, 0) is 11.3 Å². The Morgan fingerprint density at radius 3 is 3.08 bits per heavy atom. The zero-order chi connectivity index (χ0) is 8.81. The number of carbonyl (C=O) groups excluding carboxylic acids is 1. The Labute approximate surface area is 71.4 Å². The SMILES string of the molecule is COc1cccc(CN[C]=O)c1. The van der Waals surface area contributed by atoms with Crippen molar-refractivity contribution in [3.63, 3.8) is 0 Å². The van der Waals surface area contributed by atoms with Crippen LogP contribution in [-0.4, -0.2) is 13.5 Å². The van der Waals surface area contributed by atoms with Crippen molar-refractivity contribution in [3.8, 4) is 5.75 Å². The summed E-state index contributed by atoms with van der Waals surface area (Å²) in [6, 6.07) is 7.51. The number of hydrogen-bond acceptors (Lipinski definition) is 2. The van der Waals surface area contributed by atoms with E-state index in [1.54, 1.807) is 13.5 Å². The molecule has 0 fully saturated rings. The Kier molecular flexibility index (Phi) is 3.14. The highest BCUT2D eigenvalue weighted by Gasteiger charge is 1.93. The molecule has 0 heterocycles. The molecule has 0 bridgehead atoms. The Hall–Kier alpha value is -1.51. The zero-order valence-electron chi connectivity index (χ0n) is 6.83. The predicted octanol–water partition coefficient (Wildman–Crippen LogP) is 0.852. The van der Waals surface area contributed by atoms with Crippen LogP contribution in [0, 0.1) is 0 Å². The molecule has 0 saturated carbocycles. The second kappa shape index (κ2) is 4.38. The van der Waals surface area contributed by atoms with Crippen molar-refractivity contribution < 1.29 is 9.53 Å². The monoisotopic (exact) mass is 164 g/mol. The van der Waals surface area contributed by atoms with Crippen LogP contribution in [0.1, 0.15) is 5.56 Å². The standard InChI is InChI=1S/C9H10NO2/c1-12-9-4-2-3-8(5-9)6-10-7-11/h2-5H,6H2,1H3,(H,10,11). The third-order valence-corrected chi connectivity index (χ3v) is 1.50. The van der Waals surface area contributed by atoms with Gasteiger partial charge < -0.3 is 10.1 Å². The molecule has 0 aromatic heterocycles. The smallest absolute Gasteiger partial charge is 0.309 e. The van der Waals surface area contributed by atoms with Crippen molar-refractivity contribution in [1.29, 1.82) is 0 Å². The van der Waals surface area contributed by atoms with Crippen LogP contribution in [0.25, 0.3) is 0 Å². The Morgan fingerprint density at radius 2 is 2.42 bits per heavy atom. The Balaban J connectivity index is 2.65. The van der Waals surface area contributed by atoms with E-state index in [0.29, 0.717) is 6.54 Å². The van der Waals surface area contributed by atoms with Crippen LogP contribution in [0.2, 0.25) is 0 Å². The number of hydrogen-bond donors (Lipinski definition) is 1. The van der Waals surface area contributed by atoms with E-state index >= 15 is 0 Å². The lowest BCUT2D eigenvalue weighted by molar-refractivity contribution is 0.414. The Morgan fingerprint density at radius 1 is 1.58 bits per heavy atom. The summed E-state index contributed by atoms with van der Waals surface area (Å²) in [5.41, 5.74) is 0.998. The van der Waals surface area contributed by atoms with Crippen LogP contribution in [0.3, 0.4) is 0 Å². The van der Waals surface area contributed by atoms with E-state index in [1.807, 2.05) is 24.3 Å². The molecule has 3 heteroatoms. The maximum atomic E-state index is 9.87. The molecule has 12 heavy (non-hydrogen) atoms. The van der Waals surface area contributed by atoms with Crippen molar-refractivity contribution in [2.24, 2.45) is 0 Å². The van der Waals surface area contributed by atoms with Gasteiger partial charge in [-0.1, -0.05) is 12.1 Å². The molecule has 1 aromatic carbocycles. The summed E-state index contributed by atoms with van der Waals surface area (Å²) < 4.78 is 5.01. The molecule has 0 spiro atoms. The highest BCUT2D eigenvalue weighted by atomic mass is 16.5. The van der Waals surface area contributed by atoms with Gasteiger partial charge in [0.15, 0.2) is 0 Å². The second-order valence-corrected chi connectivity index (χ2v) is 2.31. The van der Waals surface area contributed by atoms with Crippen LogP contribution < -0.4 is 10.1 Å². The first-order chi connectivity index (χ1) is 5.86. The lowest BCUT2D eigenvalue weighted by Crippen LogP contribution is -2.09. The molecule has 0 aliphatic carbocycles. The molecule has 0 aliphatic rings. The van der Waals surface area contributed by atoms with Gasteiger partial charge in [-0.3, -0.25) is 4.79 Å². The van der Waals surface area contributed by atoms with E-state index in [9.17, 15) is 4.79 Å². The van der Waals surface area contributed by atoms with Gasteiger partial charge in [0.25, 0.3) is 0 Å². The summed E-state index contributed by atoms with van der Waals surface area (Å²) in [5.74, 6) is 0.792. The van der Waals surface area contributed by atoms with E-state index in [1.165, 1.54) is 0 Å². The number of methoxy groups -OCH3 is 1. The van der Waals surface area contributed by atoms with E-state index in [0.717, 1.165) is 11.3 Å². The van der Waals surface area contributed by atoms with Gasteiger partial charge in [-0.15, -0.1) is 0 Å².